The zero-order valence-corrected chi connectivity index (χ0v) is 8.50. The second-order valence-electron chi connectivity index (χ2n) is 2.62. The third-order valence-electron chi connectivity index (χ3n) is 0.500. The van der Waals surface area contributed by atoms with Gasteiger partial charge >= 0.3 is 0 Å². The molecule has 0 nitrogen and oxygen atoms in total. The highest BCUT2D eigenvalue weighted by Gasteiger charge is 2.05. The van der Waals surface area contributed by atoms with E-state index in [0.29, 0.717) is 0 Å². The summed E-state index contributed by atoms with van der Waals surface area (Å²) in [5.41, 5.74) is 6.29. The molecule has 0 atom stereocenters. The molecule has 2 heteroatoms. The Labute approximate surface area is 49.8 Å². The fourth-order valence-electron chi connectivity index (χ4n) is 0.375. The molecule has 0 rings (SSSR count). The largest absolute Gasteiger partial charge is 0.151 e. The minimum atomic E-state index is -0.984. The lowest BCUT2D eigenvalue weighted by molar-refractivity contribution is 1.82. The number of hydrogen-bond acceptors (Lipinski definition) is 0. The van der Waals surface area contributed by atoms with Crippen molar-refractivity contribution in [1.29, 1.82) is 0 Å². The van der Waals surface area contributed by atoms with Gasteiger partial charge < -0.3 is 0 Å². The molecular formula is C5H12Si2. The zero-order valence-electron chi connectivity index (χ0n) is 5.50. The Hall–Kier alpha value is -0.00623. The van der Waals surface area contributed by atoms with Gasteiger partial charge in [0.2, 0.25) is 0 Å². The second kappa shape index (κ2) is 2.34. The van der Waals surface area contributed by atoms with Gasteiger partial charge in [-0.15, -0.1) is 5.54 Å². The summed E-state index contributed by atoms with van der Waals surface area (Å²) in [4.78, 5) is 0. The van der Waals surface area contributed by atoms with Crippen molar-refractivity contribution < 1.29 is 0 Å². The van der Waals surface area contributed by atoms with Crippen molar-refractivity contribution in [2.75, 3.05) is 0 Å². The normalized spacial score (nSPS) is 10.1. The summed E-state index contributed by atoms with van der Waals surface area (Å²) in [6, 6.07) is 0. The molecule has 0 aromatic carbocycles. The van der Waals surface area contributed by atoms with E-state index in [0.717, 1.165) is 10.2 Å². The van der Waals surface area contributed by atoms with Gasteiger partial charge in [0.05, 0.1) is 10.2 Å². The predicted molar refractivity (Wildman–Crippen MR) is 41.1 cm³/mol. The second-order valence-corrected chi connectivity index (χ2v) is 7.88. The summed E-state index contributed by atoms with van der Waals surface area (Å²) in [5, 5.41) is 0. The Kier molecular flexibility index (Phi) is 2.34. The first-order chi connectivity index (χ1) is 3.06. The van der Waals surface area contributed by atoms with Crippen LogP contribution in [0.15, 0.2) is 0 Å². The van der Waals surface area contributed by atoms with E-state index in [1.807, 2.05) is 0 Å². The van der Waals surface area contributed by atoms with Crippen molar-refractivity contribution in [1.82, 2.24) is 0 Å². The molecular weight excluding hydrogens is 116 g/mol. The van der Waals surface area contributed by atoms with Crippen LogP contribution in [0.3, 0.4) is 0 Å². The minimum absolute atomic E-state index is 0.984. The van der Waals surface area contributed by atoms with Crippen LogP contribution in [0.5, 0.6) is 0 Å². The van der Waals surface area contributed by atoms with Gasteiger partial charge in [0.1, 0.15) is 8.07 Å². The Bertz CT molecular complexity index is 99.5. The summed E-state index contributed by atoms with van der Waals surface area (Å²) in [5.74, 6) is 0. The van der Waals surface area contributed by atoms with Crippen LogP contribution in [0, 0.1) is 11.1 Å². The number of hydrogen-bond donors (Lipinski definition) is 0. The van der Waals surface area contributed by atoms with Gasteiger partial charge in [-0.1, -0.05) is 19.6 Å². The van der Waals surface area contributed by atoms with Gasteiger partial charge in [-0.3, -0.25) is 0 Å². The molecule has 0 N–H and O–H groups in total. The molecule has 0 bridgehead atoms. The lowest BCUT2D eigenvalue weighted by atomic mass is 11.4. The van der Waals surface area contributed by atoms with Gasteiger partial charge in [0.25, 0.3) is 0 Å². The van der Waals surface area contributed by atoms with E-state index in [1.54, 1.807) is 0 Å². The van der Waals surface area contributed by atoms with Crippen LogP contribution in [-0.2, 0) is 0 Å². The predicted octanol–water partition coefficient (Wildman–Crippen LogP) is 0.190. The molecule has 0 spiro atoms. The van der Waals surface area contributed by atoms with E-state index in [1.165, 1.54) is 0 Å². The molecule has 0 aromatic heterocycles. The van der Waals surface area contributed by atoms with Crippen molar-refractivity contribution in [2.24, 2.45) is 0 Å². The van der Waals surface area contributed by atoms with E-state index in [2.05, 4.69) is 30.7 Å². The van der Waals surface area contributed by atoms with Crippen molar-refractivity contribution in [3.8, 4) is 11.1 Å². The monoisotopic (exact) mass is 128 g/mol. The van der Waals surface area contributed by atoms with Crippen LogP contribution in [0.2, 0.25) is 19.6 Å². The van der Waals surface area contributed by atoms with Crippen molar-refractivity contribution in [3.05, 3.63) is 0 Å². The average Bonchev–Trinajstić information content (AvgIpc) is 1.30. The highest BCUT2D eigenvalue weighted by molar-refractivity contribution is 6.84. The molecule has 0 saturated heterocycles. The molecule has 0 radical (unpaired) electrons. The Morgan fingerprint density at radius 3 is 1.71 bits per heavy atom. The van der Waals surface area contributed by atoms with Crippen molar-refractivity contribution in [3.63, 3.8) is 0 Å². The van der Waals surface area contributed by atoms with E-state index in [-0.39, 0.29) is 0 Å². The quantitative estimate of drug-likeness (QED) is 0.323. The zero-order chi connectivity index (χ0) is 5.91. The summed E-state index contributed by atoms with van der Waals surface area (Å²) >= 11 is 0. The molecule has 0 fully saturated rings. The van der Waals surface area contributed by atoms with Crippen LogP contribution < -0.4 is 0 Å². The lowest BCUT2D eigenvalue weighted by Gasteiger charge is -2.01. The third kappa shape index (κ3) is 5.99. The molecule has 0 unspecified atom stereocenters. The topological polar surface area (TPSA) is 0 Å². The Morgan fingerprint density at radius 2 is 1.71 bits per heavy atom. The van der Waals surface area contributed by atoms with Gasteiger partial charge in [-0.2, -0.15) is 5.54 Å². The van der Waals surface area contributed by atoms with Crippen LogP contribution >= 0.6 is 0 Å². The standard InChI is InChI=1S/C5H12Si2/c1-7(2,3)5-4-6/h1-3,6H3. The van der Waals surface area contributed by atoms with E-state index < -0.39 is 8.07 Å². The summed E-state index contributed by atoms with van der Waals surface area (Å²) in [6.07, 6.45) is 0. The van der Waals surface area contributed by atoms with Crippen LogP contribution in [0.4, 0.5) is 0 Å². The minimum Gasteiger partial charge on any atom is -0.151 e. The van der Waals surface area contributed by atoms with Crippen LogP contribution in [-0.4, -0.2) is 18.3 Å². The van der Waals surface area contributed by atoms with Crippen molar-refractivity contribution >= 4 is 18.3 Å². The first-order valence-electron chi connectivity index (χ1n) is 2.50. The molecule has 0 heterocycles. The molecule has 0 aliphatic carbocycles. The number of rotatable bonds is 0. The molecule has 0 aromatic rings. The van der Waals surface area contributed by atoms with E-state index in [4.69, 9.17) is 0 Å². The Balaban J connectivity index is 3.72. The molecule has 40 valence electrons. The highest BCUT2D eigenvalue weighted by atomic mass is 28.3. The van der Waals surface area contributed by atoms with Gasteiger partial charge in [0, 0.05) is 0 Å². The first-order valence-corrected chi connectivity index (χ1v) is 7.00. The summed E-state index contributed by atoms with van der Waals surface area (Å²) in [7, 11) is 0.0599. The van der Waals surface area contributed by atoms with Crippen LogP contribution in [0.1, 0.15) is 0 Å². The molecule has 0 saturated carbocycles. The third-order valence-corrected chi connectivity index (χ3v) is 2.25. The maximum absolute atomic E-state index is 3.24. The summed E-state index contributed by atoms with van der Waals surface area (Å²) in [6.45, 7) is 6.79. The van der Waals surface area contributed by atoms with Gasteiger partial charge in [-0.05, 0) is 0 Å². The van der Waals surface area contributed by atoms with Crippen LogP contribution in [0.25, 0.3) is 0 Å². The lowest BCUT2D eigenvalue weighted by Crippen LogP contribution is -2.16. The smallest absolute Gasteiger partial charge is 0.128 e. The van der Waals surface area contributed by atoms with Crippen molar-refractivity contribution in [2.45, 2.75) is 19.6 Å². The van der Waals surface area contributed by atoms with E-state index >= 15 is 0 Å². The fourth-order valence-corrected chi connectivity index (χ4v) is 3.38. The maximum Gasteiger partial charge on any atom is 0.128 e. The SMILES string of the molecule is C[Si](C)(C)C#C[SiH3]. The molecule has 7 heavy (non-hydrogen) atoms. The summed E-state index contributed by atoms with van der Waals surface area (Å²) < 4.78 is 0. The fraction of sp³-hybridized carbons (Fsp3) is 0.600. The molecule has 0 aliphatic heterocycles. The highest BCUT2D eigenvalue weighted by Crippen LogP contribution is 1.94. The van der Waals surface area contributed by atoms with Gasteiger partial charge in [-0.25, -0.2) is 0 Å². The maximum atomic E-state index is 3.24. The van der Waals surface area contributed by atoms with E-state index in [9.17, 15) is 0 Å². The molecule has 0 aliphatic rings. The van der Waals surface area contributed by atoms with Gasteiger partial charge in [0.15, 0.2) is 0 Å². The first kappa shape index (κ1) is 6.99. The Morgan fingerprint density at radius 1 is 1.29 bits per heavy atom. The molecule has 0 amide bonds. The average molecular weight is 128 g/mol.